The topological polar surface area (TPSA) is 85.2 Å². The summed E-state index contributed by atoms with van der Waals surface area (Å²) in [6.07, 6.45) is 8.49. The number of benzene rings is 1. The molecule has 0 atom stereocenters. The fourth-order valence-corrected chi connectivity index (χ4v) is 4.29. The van der Waals surface area contributed by atoms with Crippen LogP contribution in [-0.2, 0) is 18.2 Å². The van der Waals surface area contributed by atoms with Gasteiger partial charge in [0, 0.05) is 43.8 Å². The first-order valence-corrected chi connectivity index (χ1v) is 10.7. The molecule has 5 rings (SSSR count). The Morgan fingerprint density at radius 2 is 2.09 bits per heavy atom. The standard InChI is InChI=1S/C24H25N5O3/c1-3-4-5-16-14-29(19-6-7-25-22(19)23(16)30)17-12-18(21-20(13-17)27(2)15-26-21)24(31)28-8-10-32-11-9-28/h3,6-7,12-15,25H,1,4-5,8-11H2,2H3. The number of rotatable bonds is 5. The van der Waals surface area contributed by atoms with Crippen LogP contribution >= 0.6 is 0 Å². The number of nitrogens with one attached hydrogen (secondary N) is 1. The highest BCUT2D eigenvalue weighted by molar-refractivity contribution is 6.06. The first kappa shape index (κ1) is 20.3. The first-order valence-electron chi connectivity index (χ1n) is 10.7. The zero-order chi connectivity index (χ0) is 22.2. The summed E-state index contributed by atoms with van der Waals surface area (Å²) in [4.78, 5) is 35.7. The molecule has 0 bridgehead atoms. The summed E-state index contributed by atoms with van der Waals surface area (Å²) in [5, 5.41) is 0. The molecule has 4 heterocycles. The predicted molar refractivity (Wildman–Crippen MR) is 123 cm³/mol. The van der Waals surface area contributed by atoms with Crippen LogP contribution in [-0.4, -0.2) is 56.2 Å². The Morgan fingerprint density at radius 1 is 1.28 bits per heavy atom. The van der Waals surface area contributed by atoms with Crippen LogP contribution in [0.2, 0.25) is 0 Å². The predicted octanol–water partition coefficient (Wildman–Crippen LogP) is 2.80. The normalized spacial score (nSPS) is 14.3. The van der Waals surface area contributed by atoms with Gasteiger partial charge in [0.2, 0.25) is 5.43 Å². The van der Waals surface area contributed by atoms with Crippen LogP contribution in [0.3, 0.4) is 0 Å². The smallest absolute Gasteiger partial charge is 0.256 e. The minimum Gasteiger partial charge on any atom is -0.378 e. The van der Waals surface area contributed by atoms with E-state index in [9.17, 15) is 9.59 Å². The maximum absolute atomic E-state index is 13.4. The van der Waals surface area contributed by atoms with E-state index >= 15 is 0 Å². The van der Waals surface area contributed by atoms with Crippen molar-refractivity contribution in [3.8, 4) is 5.69 Å². The molecular formula is C24H25N5O3. The number of hydrogen-bond acceptors (Lipinski definition) is 4. The average molecular weight is 431 g/mol. The molecule has 0 radical (unpaired) electrons. The van der Waals surface area contributed by atoms with Gasteiger partial charge in [0.15, 0.2) is 0 Å². The molecule has 0 unspecified atom stereocenters. The van der Waals surface area contributed by atoms with Gasteiger partial charge < -0.3 is 23.8 Å². The summed E-state index contributed by atoms with van der Waals surface area (Å²) in [5.41, 5.74) is 4.90. The average Bonchev–Trinajstić information content (AvgIpc) is 3.46. The molecule has 8 nitrogen and oxygen atoms in total. The van der Waals surface area contributed by atoms with Gasteiger partial charge in [-0.25, -0.2) is 4.98 Å². The van der Waals surface area contributed by atoms with Crippen LogP contribution in [0.15, 0.2) is 54.4 Å². The van der Waals surface area contributed by atoms with E-state index in [2.05, 4.69) is 16.5 Å². The van der Waals surface area contributed by atoms with E-state index in [-0.39, 0.29) is 11.3 Å². The number of carbonyl (C=O) groups excluding carboxylic acids is 1. The summed E-state index contributed by atoms with van der Waals surface area (Å²) < 4.78 is 9.30. The van der Waals surface area contributed by atoms with Gasteiger partial charge >= 0.3 is 0 Å². The van der Waals surface area contributed by atoms with Gasteiger partial charge in [0.05, 0.1) is 36.1 Å². The number of morpholine rings is 1. The van der Waals surface area contributed by atoms with Crippen molar-refractivity contribution in [1.29, 1.82) is 0 Å². The third kappa shape index (κ3) is 3.33. The first-order chi connectivity index (χ1) is 15.6. The van der Waals surface area contributed by atoms with E-state index < -0.39 is 0 Å². The number of allylic oxidation sites excluding steroid dienone is 1. The molecule has 0 spiro atoms. The number of H-pyrrole nitrogens is 1. The van der Waals surface area contributed by atoms with Crippen molar-refractivity contribution < 1.29 is 9.53 Å². The maximum atomic E-state index is 13.4. The van der Waals surface area contributed by atoms with Crippen LogP contribution in [0.4, 0.5) is 0 Å². The summed E-state index contributed by atoms with van der Waals surface area (Å²) in [6, 6.07) is 5.76. The lowest BCUT2D eigenvalue weighted by Gasteiger charge is -2.27. The number of aromatic nitrogens is 4. The largest absolute Gasteiger partial charge is 0.378 e. The Morgan fingerprint density at radius 3 is 2.88 bits per heavy atom. The minimum atomic E-state index is -0.0583. The second-order valence-electron chi connectivity index (χ2n) is 8.04. The summed E-state index contributed by atoms with van der Waals surface area (Å²) >= 11 is 0. The minimum absolute atomic E-state index is 0.00525. The van der Waals surface area contributed by atoms with Gasteiger partial charge in [-0.05, 0) is 31.0 Å². The summed E-state index contributed by atoms with van der Waals surface area (Å²) in [6.45, 7) is 5.96. The second kappa shape index (κ2) is 8.12. The number of aromatic amines is 1. The van der Waals surface area contributed by atoms with Crippen LogP contribution in [0.5, 0.6) is 0 Å². The molecule has 1 saturated heterocycles. The number of nitrogens with zero attached hydrogens (tertiary/aromatic N) is 4. The molecule has 1 aliphatic rings. The lowest BCUT2D eigenvalue weighted by Crippen LogP contribution is -2.40. The zero-order valence-corrected chi connectivity index (χ0v) is 18.0. The fraction of sp³-hybridized carbons (Fsp3) is 0.292. The highest BCUT2D eigenvalue weighted by atomic mass is 16.5. The van der Waals surface area contributed by atoms with Gasteiger partial charge in [0.1, 0.15) is 11.0 Å². The zero-order valence-electron chi connectivity index (χ0n) is 18.0. The molecule has 8 heteroatoms. The van der Waals surface area contributed by atoms with Crippen LogP contribution in [0, 0.1) is 0 Å². The quantitative estimate of drug-likeness (QED) is 0.493. The SMILES string of the molecule is C=CCCc1cn(-c2cc(C(=O)N3CCOCC3)c3ncn(C)c3c2)c2cc[nH]c2c1=O. The molecule has 0 aliphatic carbocycles. The van der Waals surface area contributed by atoms with E-state index in [0.29, 0.717) is 61.3 Å². The lowest BCUT2D eigenvalue weighted by molar-refractivity contribution is 0.0304. The molecular weight excluding hydrogens is 406 g/mol. The van der Waals surface area contributed by atoms with Crippen molar-refractivity contribution in [2.45, 2.75) is 12.8 Å². The molecule has 32 heavy (non-hydrogen) atoms. The van der Waals surface area contributed by atoms with Gasteiger partial charge in [0.25, 0.3) is 5.91 Å². The lowest BCUT2D eigenvalue weighted by atomic mass is 10.1. The highest BCUT2D eigenvalue weighted by Crippen LogP contribution is 2.26. The number of carbonyl (C=O) groups is 1. The van der Waals surface area contributed by atoms with Gasteiger partial charge in [-0.3, -0.25) is 9.59 Å². The molecule has 1 fully saturated rings. The molecule has 1 aromatic carbocycles. The number of pyridine rings is 1. The van der Waals surface area contributed by atoms with E-state index in [1.165, 1.54) is 0 Å². The van der Waals surface area contributed by atoms with Crippen molar-refractivity contribution in [1.82, 2.24) is 24.0 Å². The molecule has 1 aliphatic heterocycles. The molecule has 3 aromatic heterocycles. The summed E-state index contributed by atoms with van der Waals surface area (Å²) in [5.74, 6) is -0.0583. The summed E-state index contributed by atoms with van der Waals surface area (Å²) in [7, 11) is 1.91. The third-order valence-electron chi connectivity index (χ3n) is 6.03. The van der Waals surface area contributed by atoms with E-state index in [4.69, 9.17) is 4.74 Å². The molecule has 1 amide bonds. The number of imidazole rings is 1. The number of ether oxygens (including phenoxy) is 1. The molecule has 1 N–H and O–H groups in total. The fourth-order valence-electron chi connectivity index (χ4n) is 4.29. The van der Waals surface area contributed by atoms with Crippen LogP contribution < -0.4 is 5.43 Å². The Kier molecular flexibility index (Phi) is 5.14. The Bertz CT molecular complexity index is 1390. The second-order valence-corrected chi connectivity index (χ2v) is 8.04. The number of hydrogen-bond donors (Lipinski definition) is 1. The monoisotopic (exact) mass is 431 g/mol. The van der Waals surface area contributed by atoms with Gasteiger partial charge in [-0.1, -0.05) is 6.08 Å². The number of fused-ring (bicyclic) bond motifs is 2. The third-order valence-corrected chi connectivity index (χ3v) is 6.03. The molecule has 164 valence electrons. The van der Waals surface area contributed by atoms with Crippen LogP contribution in [0.1, 0.15) is 22.3 Å². The number of amides is 1. The Labute approximate surface area is 184 Å². The van der Waals surface area contributed by atoms with E-state index in [1.807, 2.05) is 51.6 Å². The maximum Gasteiger partial charge on any atom is 0.256 e. The van der Waals surface area contributed by atoms with Gasteiger partial charge in [-0.2, -0.15) is 0 Å². The Hall–Kier alpha value is -3.65. The van der Waals surface area contributed by atoms with Crippen molar-refractivity contribution in [3.63, 3.8) is 0 Å². The van der Waals surface area contributed by atoms with Crippen molar-refractivity contribution in [2.75, 3.05) is 26.3 Å². The van der Waals surface area contributed by atoms with E-state index in [0.717, 1.165) is 16.7 Å². The van der Waals surface area contributed by atoms with E-state index in [1.54, 1.807) is 12.5 Å². The molecule has 0 saturated carbocycles. The Balaban J connectivity index is 1.72. The van der Waals surface area contributed by atoms with Crippen molar-refractivity contribution in [3.05, 3.63) is 70.9 Å². The van der Waals surface area contributed by atoms with Crippen molar-refractivity contribution in [2.24, 2.45) is 7.05 Å². The van der Waals surface area contributed by atoms with Gasteiger partial charge in [-0.15, -0.1) is 6.58 Å². The van der Waals surface area contributed by atoms with Crippen molar-refractivity contribution >= 4 is 28.0 Å². The molecule has 4 aromatic rings. The van der Waals surface area contributed by atoms with Crippen LogP contribution in [0.25, 0.3) is 27.8 Å². The number of aryl methyl sites for hydroxylation is 2. The highest BCUT2D eigenvalue weighted by Gasteiger charge is 2.23.